The SMILES string of the molecule is Cc1cccc(CN(C)CC2COCCC2N)n1. The van der Waals surface area contributed by atoms with Crippen LogP contribution in [0.15, 0.2) is 18.2 Å². The number of aryl methyl sites for hydroxylation is 1. The second-order valence-corrected chi connectivity index (χ2v) is 5.25. The highest BCUT2D eigenvalue weighted by atomic mass is 16.5. The molecular weight excluding hydrogens is 226 g/mol. The zero-order valence-corrected chi connectivity index (χ0v) is 11.3. The van der Waals surface area contributed by atoms with Crippen molar-refractivity contribution in [3.05, 3.63) is 29.6 Å². The highest BCUT2D eigenvalue weighted by molar-refractivity contribution is 5.09. The van der Waals surface area contributed by atoms with Crippen molar-refractivity contribution in [2.75, 3.05) is 26.8 Å². The molecule has 2 atom stereocenters. The number of pyridine rings is 1. The third-order valence-electron chi connectivity index (χ3n) is 3.46. The highest BCUT2D eigenvalue weighted by Crippen LogP contribution is 2.14. The minimum Gasteiger partial charge on any atom is -0.381 e. The first kappa shape index (κ1) is 13.5. The first-order valence-corrected chi connectivity index (χ1v) is 6.59. The lowest BCUT2D eigenvalue weighted by Crippen LogP contribution is -2.44. The summed E-state index contributed by atoms with van der Waals surface area (Å²) < 4.78 is 5.50. The standard InChI is InChI=1S/C14H23N3O/c1-11-4-3-5-13(16-11)9-17(2)8-12-10-18-7-6-14(12)15/h3-5,12,14H,6-10,15H2,1-2H3. The third-order valence-corrected chi connectivity index (χ3v) is 3.46. The molecule has 0 aromatic carbocycles. The lowest BCUT2D eigenvalue weighted by atomic mass is 9.96. The quantitative estimate of drug-likeness (QED) is 0.871. The van der Waals surface area contributed by atoms with Gasteiger partial charge in [-0.2, -0.15) is 0 Å². The van der Waals surface area contributed by atoms with Gasteiger partial charge in [0, 0.05) is 37.4 Å². The van der Waals surface area contributed by atoms with Crippen LogP contribution >= 0.6 is 0 Å². The Morgan fingerprint density at radius 3 is 3.06 bits per heavy atom. The van der Waals surface area contributed by atoms with E-state index in [4.69, 9.17) is 10.5 Å². The molecule has 2 unspecified atom stereocenters. The van der Waals surface area contributed by atoms with Crippen molar-refractivity contribution in [3.63, 3.8) is 0 Å². The Kier molecular flexibility index (Phi) is 4.69. The van der Waals surface area contributed by atoms with E-state index in [9.17, 15) is 0 Å². The predicted octanol–water partition coefficient (Wildman–Crippen LogP) is 1.19. The molecule has 0 saturated carbocycles. The van der Waals surface area contributed by atoms with E-state index in [1.54, 1.807) is 0 Å². The summed E-state index contributed by atoms with van der Waals surface area (Å²) in [6, 6.07) is 6.42. The molecule has 0 bridgehead atoms. The average Bonchev–Trinajstić information content (AvgIpc) is 2.32. The molecule has 4 heteroatoms. The number of aromatic nitrogens is 1. The molecule has 100 valence electrons. The van der Waals surface area contributed by atoms with E-state index in [0.717, 1.165) is 44.1 Å². The maximum absolute atomic E-state index is 6.12. The van der Waals surface area contributed by atoms with Crippen molar-refractivity contribution in [3.8, 4) is 0 Å². The number of hydrogen-bond acceptors (Lipinski definition) is 4. The number of ether oxygens (including phenoxy) is 1. The van der Waals surface area contributed by atoms with Crippen LogP contribution < -0.4 is 5.73 Å². The monoisotopic (exact) mass is 249 g/mol. The summed E-state index contributed by atoms with van der Waals surface area (Å²) in [6.45, 7) is 5.45. The van der Waals surface area contributed by atoms with Gasteiger partial charge in [-0.3, -0.25) is 4.98 Å². The van der Waals surface area contributed by atoms with Gasteiger partial charge in [0.05, 0.1) is 12.3 Å². The first-order valence-electron chi connectivity index (χ1n) is 6.59. The van der Waals surface area contributed by atoms with Gasteiger partial charge in [-0.1, -0.05) is 6.07 Å². The van der Waals surface area contributed by atoms with Crippen LogP contribution in [0, 0.1) is 12.8 Å². The zero-order chi connectivity index (χ0) is 13.0. The normalized spacial score (nSPS) is 24.4. The zero-order valence-electron chi connectivity index (χ0n) is 11.3. The summed E-state index contributed by atoms with van der Waals surface area (Å²) in [7, 11) is 2.12. The second kappa shape index (κ2) is 6.27. The third kappa shape index (κ3) is 3.77. The van der Waals surface area contributed by atoms with E-state index in [1.165, 1.54) is 0 Å². The molecule has 1 fully saturated rings. The fourth-order valence-corrected chi connectivity index (χ4v) is 2.43. The number of rotatable bonds is 4. The largest absolute Gasteiger partial charge is 0.381 e. The Morgan fingerprint density at radius 2 is 2.33 bits per heavy atom. The fourth-order valence-electron chi connectivity index (χ4n) is 2.43. The second-order valence-electron chi connectivity index (χ2n) is 5.25. The summed E-state index contributed by atoms with van der Waals surface area (Å²) in [4.78, 5) is 6.80. The van der Waals surface area contributed by atoms with E-state index < -0.39 is 0 Å². The topological polar surface area (TPSA) is 51.4 Å². The van der Waals surface area contributed by atoms with Crippen LogP contribution in [0.25, 0.3) is 0 Å². The molecule has 1 saturated heterocycles. The van der Waals surface area contributed by atoms with Gasteiger partial charge in [0.2, 0.25) is 0 Å². The maximum atomic E-state index is 6.12. The Morgan fingerprint density at radius 1 is 1.50 bits per heavy atom. The summed E-state index contributed by atoms with van der Waals surface area (Å²) in [5.74, 6) is 0.438. The van der Waals surface area contributed by atoms with E-state index in [-0.39, 0.29) is 6.04 Å². The van der Waals surface area contributed by atoms with Gasteiger partial charge >= 0.3 is 0 Å². The van der Waals surface area contributed by atoms with Gasteiger partial charge in [0.25, 0.3) is 0 Å². The Bertz CT molecular complexity index is 383. The Hall–Kier alpha value is -0.970. The van der Waals surface area contributed by atoms with Gasteiger partial charge in [0.1, 0.15) is 0 Å². The molecule has 2 heterocycles. The van der Waals surface area contributed by atoms with Crippen LogP contribution in [0.3, 0.4) is 0 Å². The van der Waals surface area contributed by atoms with Gasteiger partial charge in [-0.15, -0.1) is 0 Å². The van der Waals surface area contributed by atoms with Crippen molar-refractivity contribution >= 4 is 0 Å². The van der Waals surface area contributed by atoms with Crippen molar-refractivity contribution in [2.24, 2.45) is 11.7 Å². The lowest BCUT2D eigenvalue weighted by Gasteiger charge is -2.31. The molecule has 2 N–H and O–H groups in total. The summed E-state index contributed by atoms with van der Waals surface area (Å²) >= 11 is 0. The molecule has 0 radical (unpaired) electrons. The molecule has 4 nitrogen and oxygen atoms in total. The van der Waals surface area contributed by atoms with E-state index in [1.807, 2.05) is 13.0 Å². The molecule has 0 amide bonds. The maximum Gasteiger partial charge on any atom is 0.0547 e. The lowest BCUT2D eigenvalue weighted by molar-refractivity contribution is 0.0284. The number of nitrogens with zero attached hydrogens (tertiary/aromatic N) is 2. The van der Waals surface area contributed by atoms with Crippen LogP contribution in [-0.4, -0.2) is 42.7 Å². The molecule has 2 rings (SSSR count). The highest BCUT2D eigenvalue weighted by Gasteiger charge is 2.23. The summed E-state index contributed by atoms with van der Waals surface area (Å²) in [5.41, 5.74) is 8.30. The molecule has 0 spiro atoms. The van der Waals surface area contributed by atoms with Crippen molar-refractivity contribution in [1.82, 2.24) is 9.88 Å². The minimum absolute atomic E-state index is 0.270. The van der Waals surface area contributed by atoms with Crippen LogP contribution in [-0.2, 0) is 11.3 Å². The van der Waals surface area contributed by atoms with Gasteiger partial charge in [0.15, 0.2) is 0 Å². The van der Waals surface area contributed by atoms with Crippen molar-refractivity contribution in [1.29, 1.82) is 0 Å². The van der Waals surface area contributed by atoms with E-state index >= 15 is 0 Å². The van der Waals surface area contributed by atoms with E-state index in [0.29, 0.717) is 5.92 Å². The Balaban J connectivity index is 1.86. The van der Waals surface area contributed by atoms with Crippen LogP contribution in [0.1, 0.15) is 17.8 Å². The van der Waals surface area contributed by atoms with Gasteiger partial charge < -0.3 is 15.4 Å². The molecular formula is C14H23N3O. The molecule has 1 aromatic rings. The summed E-state index contributed by atoms with van der Waals surface area (Å²) in [6.07, 6.45) is 0.973. The first-order chi connectivity index (χ1) is 8.65. The van der Waals surface area contributed by atoms with Gasteiger partial charge in [-0.05, 0) is 32.5 Å². The minimum atomic E-state index is 0.270. The molecule has 18 heavy (non-hydrogen) atoms. The fraction of sp³-hybridized carbons (Fsp3) is 0.643. The predicted molar refractivity (Wildman–Crippen MR) is 72.2 cm³/mol. The van der Waals surface area contributed by atoms with Crippen LogP contribution in [0.4, 0.5) is 0 Å². The van der Waals surface area contributed by atoms with Crippen molar-refractivity contribution < 1.29 is 4.74 Å². The number of nitrogens with two attached hydrogens (primary N) is 1. The molecule has 1 aromatic heterocycles. The van der Waals surface area contributed by atoms with E-state index in [2.05, 4.69) is 29.1 Å². The smallest absolute Gasteiger partial charge is 0.0547 e. The molecule has 1 aliphatic rings. The Labute approximate surface area is 109 Å². The van der Waals surface area contributed by atoms with Crippen LogP contribution in [0.2, 0.25) is 0 Å². The van der Waals surface area contributed by atoms with Gasteiger partial charge in [-0.25, -0.2) is 0 Å². The number of hydrogen-bond donors (Lipinski definition) is 1. The molecule has 0 aliphatic carbocycles. The average molecular weight is 249 g/mol. The van der Waals surface area contributed by atoms with Crippen LogP contribution in [0.5, 0.6) is 0 Å². The summed E-state index contributed by atoms with van der Waals surface area (Å²) in [5, 5.41) is 0. The molecule has 1 aliphatic heterocycles. The van der Waals surface area contributed by atoms with Crippen molar-refractivity contribution in [2.45, 2.75) is 25.9 Å².